The van der Waals surface area contributed by atoms with Crippen LogP contribution >= 0.6 is 0 Å². The van der Waals surface area contributed by atoms with Crippen LogP contribution in [0.1, 0.15) is 39.8 Å². The summed E-state index contributed by atoms with van der Waals surface area (Å²) in [7, 11) is -0.807. The molecule has 2 unspecified atom stereocenters. The van der Waals surface area contributed by atoms with E-state index in [-0.39, 0.29) is 5.25 Å². The van der Waals surface area contributed by atoms with Crippen molar-refractivity contribution in [3.05, 3.63) is 18.2 Å². The summed E-state index contributed by atoms with van der Waals surface area (Å²) < 4.78 is 18.6. The van der Waals surface area contributed by atoms with E-state index in [4.69, 9.17) is 4.74 Å². The van der Waals surface area contributed by atoms with Gasteiger partial charge in [-0.25, -0.2) is 9.78 Å². The summed E-state index contributed by atoms with van der Waals surface area (Å²) >= 11 is 0. The van der Waals surface area contributed by atoms with Crippen molar-refractivity contribution < 1.29 is 13.7 Å². The van der Waals surface area contributed by atoms with E-state index in [0.717, 1.165) is 18.7 Å². The summed E-state index contributed by atoms with van der Waals surface area (Å²) in [5.74, 6) is 0. The van der Waals surface area contributed by atoms with Gasteiger partial charge in [0.1, 0.15) is 5.60 Å². The number of carbonyl (C=O) groups excluding carboxylic acids is 1. The number of carbonyl (C=O) groups is 1. The molecule has 1 aromatic heterocycles. The first-order chi connectivity index (χ1) is 10.2. The zero-order valence-electron chi connectivity index (χ0n) is 14.1. The monoisotopic (exact) mass is 329 g/mol. The Labute approximate surface area is 135 Å². The van der Waals surface area contributed by atoms with Crippen LogP contribution in [-0.2, 0) is 28.5 Å². The molecule has 0 radical (unpaired) electrons. The maximum absolute atomic E-state index is 11.6. The molecule has 0 saturated heterocycles. The molecule has 0 saturated carbocycles. The quantitative estimate of drug-likeness (QED) is 0.831. The molecule has 1 N–H and O–H groups in total. The van der Waals surface area contributed by atoms with Gasteiger partial charge in [-0.1, -0.05) is 6.92 Å². The fourth-order valence-electron chi connectivity index (χ4n) is 1.85. The van der Waals surface area contributed by atoms with Gasteiger partial charge in [0.05, 0.1) is 6.33 Å². The number of hydrogen-bond donors (Lipinski definition) is 1. The second-order valence-corrected chi connectivity index (χ2v) is 8.16. The summed E-state index contributed by atoms with van der Waals surface area (Å²) in [6.07, 6.45) is 6.41. The van der Waals surface area contributed by atoms with Crippen molar-refractivity contribution in [1.29, 1.82) is 0 Å². The largest absolute Gasteiger partial charge is 0.444 e. The topological polar surface area (TPSA) is 73.2 Å². The predicted molar refractivity (Wildman–Crippen MR) is 88.3 cm³/mol. The third kappa shape index (κ3) is 7.06. The van der Waals surface area contributed by atoms with E-state index in [9.17, 15) is 9.00 Å². The van der Waals surface area contributed by atoms with Gasteiger partial charge in [-0.3, -0.25) is 4.21 Å². The van der Waals surface area contributed by atoms with Gasteiger partial charge in [0.25, 0.3) is 0 Å². The third-order valence-corrected chi connectivity index (χ3v) is 4.56. The van der Waals surface area contributed by atoms with E-state index in [1.165, 1.54) is 0 Å². The van der Waals surface area contributed by atoms with Gasteiger partial charge in [0.15, 0.2) is 0 Å². The molecule has 0 spiro atoms. The molecule has 0 bridgehead atoms. The maximum atomic E-state index is 11.6. The highest BCUT2D eigenvalue weighted by Gasteiger charge is 2.15. The second kappa shape index (κ2) is 8.31. The molecule has 0 aliphatic heterocycles. The first kappa shape index (κ1) is 18.7. The molecular formula is C15H27N3O3S. The van der Waals surface area contributed by atoms with Crippen LogP contribution in [0.5, 0.6) is 0 Å². The smallest absolute Gasteiger partial charge is 0.407 e. The maximum Gasteiger partial charge on any atom is 0.407 e. The van der Waals surface area contributed by atoms with Gasteiger partial charge in [0, 0.05) is 53.7 Å². The van der Waals surface area contributed by atoms with Gasteiger partial charge >= 0.3 is 6.09 Å². The Kier molecular flexibility index (Phi) is 7.06. The molecule has 1 heterocycles. The summed E-state index contributed by atoms with van der Waals surface area (Å²) in [4.78, 5) is 15.7. The normalized spacial score (nSPS) is 14.4. The van der Waals surface area contributed by atoms with E-state index in [0.29, 0.717) is 13.0 Å². The molecule has 126 valence electrons. The third-order valence-electron chi connectivity index (χ3n) is 3.19. The Hall–Kier alpha value is -1.37. The van der Waals surface area contributed by atoms with Crippen LogP contribution in [-0.4, -0.2) is 43.5 Å². The zero-order chi connectivity index (χ0) is 16.8. The number of alkyl carbamates (subject to hydrolysis) is 1. The van der Waals surface area contributed by atoms with Crippen molar-refractivity contribution in [1.82, 2.24) is 14.9 Å². The average Bonchev–Trinajstić information content (AvgIpc) is 2.81. The number of imidazole rings is 1. The molecule has 2 atom stereocenters. The van der Waals surface area contributed by atoms with Gasteiger partial charge in [-0.05, 0) is 27.2 Å². The molecule has 0 fully saturated rings. The van der Waals surface area contributed by atoms with Crippen LogP contribution in [0.4, 0.5) is 4.79 Å². The van der Waals surface area contributed by atoms with Crippen molar-refractivity contribution in [3.8, 4) is 0 Å². The van der Waals surface area contributed by atoms with Crippen LogP contribution in [0.3, 0.4) is 0 Å². The van der Waals surface area contributed by atoms with E-state index in [2.05, 4.69) is 10.3 Å². The van der Waals surface area contributed by atoms with Gasteiger partial charge in [-0.15, -0.1) is 0 Å². The minimum absolute atomic E-state index is 0.162. The lowest BCUT2D eigenvalue weighted by Gasteiger charge is -2.19. The highest BCUT2D eigenvalue weighted by Crippen LogP contribution is 2.08. The average molecular weight is 329 g/mol. The number of aromatic nitrogens is 2. The number of ether oxygens (including phenoxy) is 1. The van der Waals surface area contributed by atoms with E-state index >= 15 is 0 Å². The van der Waals surface area contributed by atoms with Crippen molar-refractivity contribution in [2.45, 2.75) is 57.9 Å². The summed E-state index contributed by atoms with van der Waals surface area (Å²) in [6, 6.07) is 0. The van der Waals surface area contributed by atoms with Crippen molar-refractivity contribution in [2.75, 3.05) is 12.8 Å². The molecule has 7 heteroatoms. The Bertz CT molecular complexity index is 508. The minimum atomic E-state index is -0.807. The number of nitrogens with one attached hydrogen (secondary N) is 1. The zero-order valence-corrected chi connectivity index (χ0v) is 14.9. The molecule has 1 rings (SSSR count). The molecule has 0 aliphatic rings. The molecule has 1 amide bonds. The number of hydrogen-bond acceptors (Lipinski definition) is 4. The summed E-state index contributed by atoms with van der Waals surface area (Å²) in [6.45, 7) is 8.76. The van der Waals surface area contributed by atoms with Gasteiger partial charge in [0.2, 0.25) is 0 Å². The Morgan fingerprint density at radius 2 is 2.18 bits per heavy atom. The van der Waals surface area contributed by atoms with Gasteiger partial charge < -0.3 is 14.6 Å². The number of amides is 1. The van der Waals surface area contributed by atoms with Crippen LogP contribution in [0.15, 0.2) is 12.5 Å². The molecule has 0 aliphatic carbocycles. The highest BCUT2D eigenvalue weighted by molar-refractivity contribution is 7.84. The van der Waals surface area contributed by atoms with Crippen molar-refractivity contribution in [2.24, 2.45) is 0 Å². The summed E-state index contributed by atoms with van der Waals surface area (Å²) in [5.41, 5.74) is 0.558. The lowest BCUT2D eigenvalue weighted by atomic mass is 10.2. The van der Waals surface area contributed by atoms with E-state index in [1.807, 2.05) is 32.3 Å². The molecule has 0 aromatic carbocycles. The van der Waals surface area contributed by atoms with E-state index in [1.54, 1.807) is 18.8 Å². The second-order valence-electron chi connectivity index (χ2n) is 6.35. The SMILES string of the molecule is CC(CCn1cncc1CCNC(=O)OC(C)(C)C)S(C)=O. The standard InChI is InChI=1S/C15H27N3O3S/c1-12(22(5)20)7-9-18-11-16-10-13(18)6-8-17-14(19)21-15(2,3)4/h10-12H,6-9H2,1-5H3,(H,17,19). The first-order valence-corrected chi connectivity index (χ1v) is 9.09. The van der Waals surface area contributed by atoms with Crippen LogP contribution < -0.4 is 5.32 Å². The van der Waals surface area contributed by atoms with Crippen LogP contribution in [0, 0.1) is 0 Å². The lowest BCUT2D eigenvalue weighted by molar-refractivity contribution is 0.0528. The summed E-state index contributed by atoms with van der Waals surface area (Å²) in [5, 5.41) is 2.90. The van der Waals surface area contributed by atoms with Crippen molar-refractivity contribution >= 4 is 16.9 Å². The van der Waals surface area contributed by atoms with E-state index < -0.39 is 22.5 Å². The number of rotatable bonds is 7. The molecule has 1 aromatic rings. The molecule has 6 nitrogen and oxygen atoms in total. The fraction of sp³-hybridized carbons (Fsp3) is 0.733. The highest BCUT2D eigenvalue weighted by atomic mass is 32.2. The van der Waals surface area contributed by atoms with Crippen LogP contribution in [0.25, 0.3) is 0 Å². The Morgan fingerprint density at radius 1 is 1.50 bits per heavy atom. The van der Waals surface area contributed by atoms with Crippen LogP contribution in [0.2, 0.25) is 0 Å². The molecule has 22 heavy (non-hydrogen) atoms. The lowest BCUT2D eigenvalue weighted by Crippen LogP contribution is -2.33. The fourth-order valence-corrected chi connectivity index (χ4v) is 2.29. The Morgan fingerprint density at radius 3 is 2.77 bits per heavy atom. The van der Waals surface area contributed by atoms with Crippen molar-refractivity contribution in [3.63, 3.8) is 0 Å². The minimum Gasteiger partial charge on any atom is -0.444 e. The number of aryl methyl sites for hydroxylation is 1. The van der Waals surface area contributed by atoms with Gasteiger partial charge in [-0.2, -0.15) is 0 Å². The first-order valence-electron chi connectivity index (χ1n) is 7.47. The predicted octanol–water partition coefficient (Wildman–Crippen LogP) is 2.11. The molecular weight excluding hydrogens is 302 g/mol. The number of nitrogens with zero attached hydrogens (tertiary/aromatic N) is 2. The Balaban J connectivity index is 2.40.